The summed E-state index contributed by atoms with van der Waals surface area (Å²) in [6.45, 7) is 1.12. The van der Waals surface area contributed by atoms with Crippen LogP contribution in [0.15, 0.2) is 36.5 Å². The number of halogens is 1. The van der Waals surface area contributed by atoms with Crippen LogP contribution >= 0.6 is 0 Å². The van der Waals surface area contributed by atoms with E-state index >= 15 is 0 Å². The van der Waals surface area contributed by atoms with Gasteiger partial charge in [-0.25, -0.2) is 9.37 Å². The van der Waals surface area contributed by atoms with Gasteiger partial charge in [0.15, 0.2) is 0 Å². The van der Waals surface area contributed by atoms with Crippen molar-refractivity contribution in [2.24, 2.45) is 0 Å². The Kier molecular flexibility index (Phi) is 4.88. The Balaban J connectivity index is 1.56. The summed E-state index contributed by atoms with van der Waals surface area (Å²) >= 11 is 0. The maximum absolute atomic E-state index is 13.2. The van der Waals surface area contributed by atoms with Gasteiger partial charge in [0.1, 0.15) is 11.9 Å². The number of aromatic nitrogens is 2. The summed E-state index contributed by atoms with van der Waals surface area (Å²) in [7, 11) is 1.50. The summed E-state index contributed by atoms with van der Waals surface area (Å²) in [5.41, 5.74) is 0.370. The van der Waals surface area contributed by atoms with Crippen molar-refractivity contribution in [1.29, 1.82) is 0 Å². The molecule has 1 saturated heterocycles. The normalized spacial score (nSPS) is 15.2. The lowest BCUT2D eigenvalue weighted by Gasteiger charge is -2.32. The molecule has 0 unspecified atom stereocenters. The van der Waals surface area contributed by atoms with E-state index in [1.807, 2.05) is 0 Å². The second-order valence-corrected chi connectivity index (χ2v) is 5.50. The van der Waals surface area contributed by atoms with Crippen LogP contribution in [0.2, 0.25) is 0 Å². The molecule has 1 aliphatic rings. The van der Waals surface area contributed by atoms with Gasteiger partial charge in [0.25, 0.3) is 5.91 Å². The van der Waals surface area contributed by atoms with Crippen LogP contribution in [0, 0.1) is 5.82 Å². The molecule has 1 aromatic carbocycles. The lowest BCUT2D eigenvalue weighted by Crippen LogP contribution is -2.41. The number of nitrogens with zero attached hydrogens (tertiary/aromatic N) is 3. The molecule has 1 fully saturated rings. The zero-order valence-corrected chi connectivity index (χ0v) is 13.3. The fourth-order valence-electron chi connectivity index (χ4n) is 2.64. The van der Waals surface area contributed by atoms with E-state index in [0.29, 0.717) is 37.4 Å². The van der Waals surface area contributed by atoms with E-state index in [1.54, 1.807) is 29.3 Å². The number of amides is 1. The SMILES string of the molecule is COc1nccc(OC2CCN(C(=O)c3cccc(F)c3)CC2)n1. The van der Waals surface area contributed by atoms with Gasteiger partial charge in [0.2, 0.25) is 5.88 Å². The van der Waals surface area contributed by atoms with Crippen LogP contribution < -0.4 is 9.47 Å². The van der Waals surface area contributed by atoms with Crippen molar-refractivity contribution in [3.05, 3.63) is 47.9 Å². The molecule has 1 aliphatic heterocycles. The summed E-state index contributed by atoms with van der Waals surface area (Å²) in [6, 6.07) is 7.69. The number of hydrogen-bond acceptors (Lipinski definition) is 5. The Bertz CT molecular complexity index is 718. The van der Waals surface area contributed by atoms with Gasteiger partial charge in [-0.05, 0) is 18.2 Å². The fraction of sp³-hybridized carbons (Fsp3) is 0.353. The van der Waals surface area contributed by atoms with E-state index in [0.717, 1.165) is 0 Å². The van der Waals surface area contributed by atoms with Crippen molar-refractivity contribution in [2.45, 2.75) is 18.9 Å². The first-order chi connectivity index (χ1) is 11.7. The average molecular weight is 331 g/mol. The number of methoxy groups -OCH3 is 1. The van der Waals surface area contributed by atoms with Crippen molar-refractivity contribution >= 4 is 5.91 Å². The van der Waals surface area contributed by atoms with Crippen molar-refractivity contribution in [1.82, 2.24) is 14.9 Å². The molecule has 0 N–H and O–H groups in total. The van der Waals surface area contributed by atoms with Gasteiger partial charge in [-0.1, -0.05) is 6.07 Å². The van der Waals surface area contributed by atoms with Gasteiger partial charge in [-0.3, -0.25) is 4.79 Å². The summed E-state index contributed by atoms with van der Waals surface area (Å²) in [5, 5.41) is 0. The van der Waals surface area contributed by atoms with E-state index in [1.165, 1.54) is 19.2 Å². The average Bonchev–Trinajstić information content (AvgIpc) is 2.62. The molecule has 2 heterocycles. The van der Waals surface area contributed by atoms with Gasteiger partial charge in [0.05, 0.1) is 7.11 Å². The molecule has 6 nitrogen and oxygen atoms in total. The monoisotopic (exact) mass is 331 g/mol. The predicted molar refractivity (Wildman–Crippen MR) is 84.5 cm³/mol. The van der Waals surface area contributed by atoms with Crippen molar-refractivity contribution < 1.29 is 18.7 Å². The molecule has 0 atom stereocenters. The van der Waals surface area contributed by atoms with Crippen molar-refractivity contribution in [3.8, 4) is 11.9 Å². The smallest absolute Gasteiger partial charge is 0.319 e. The quantitative estimate of drug-likeness (QED) is 0.860. The Labute approximate surface area is 139 Å². The van der Waals surface area contributed by atoms with Crippen LogP contribution in [-0.4, -0.2) is 47.1 Å². The zero-order valence-electron chi connectivity index (χ0n) is 13.3. The molecule has 3 rings (SSSR count). The number of ether oxygens (including phenoxy) is 2. The highest BCUT2D eigenvalue weighted by molar-refractivity contribution is 5.94. The molecule has 0 aliphatic carbocycles. The van der Waals surface area contributed by atoms with Gasteiger partial charge in [-0.2, -0.15) is 4.98 Å². The number of piperidine rings is 1. The minimum atomic E-state index is -0.406. The topological polar surface area (TPSA) is 64.6 Å². The number of carbonyl (C=O) groups excluding carboxylic acids is 1. The van der Waals surface area contributed by atoms with Crippen LogP contribution in [0.25, 0.3) is 0 Å². The Hall–Kier alpha value is -2.70. The molecule has 0 spiro atoms. The van der Waals surface area contributed by atoms with Gasteiger partial charge in [-0.15, -0.1) is 0 Å². The molecule has 2 aromatic rings. The molecule has 0 bridgehead atoms. The number of rotatable bonds is 4. The largest absolute Gasteiger partial charge is 0.474 e. The van der Waals surface area contributed by atoms with Crippen LogP contribution in [-0.2, 0) is 0 Å². The Morgan fingerprint density at radius 2 is 2.08 bits per heavy atom. The summed E-state index contributed by atoms with van der Waals surface area (Å²) in [4.78, 5) is 22.1. The third-order valence-electron chi connectivity index (χ3n) is 3.88. The molecular formula is C17H18FN3O3. The zero-order chi connectivity index (χ0) is 16.9. The highest BCUT2D eigenvalue weighted by Crippen LogP contribution is 2.20. The number of benzene rings is 1. The van der Waals surface area contributed by atoms with E-state index in [-0.39, 0.29) is 18.0 Å². The van der Waals surface area contributed by atoms with E-state index in [2.05, 4.69) is 9.97 Å². The second kappa shape index (κ2) is 7.25. The first-order valence-corrected chi connectivity index (χ1v) is 7.74. The maximum Gasteiger partial charge on any atom is 0.319 e. The fourth-order valence-corrected chi connectivity index (χ4v) is 2.64. The number of hydrogen-bond donors (Lipinski definition) is 0. The highest BCUT2D eigenvalue weighted by atomic mass is 19.1. The van der Waals surface area contributed by atoms with E-state index < -0.39 is 5.82 Å². The van der Waals surface area contributed by atoms with E-state index in [9.17, 15) is 9.18 Å². The van der Waals surface area contributed by atoms with Gasteiger partial charge >= 0.3 is 6.01 Å². The summed E-state index contributed by atoms with van der Waals surface area (Å²) in [5.74, 6) is -0.106. The van der Waals surface area contributed by atoms with Crippen molar-refractivity contribution in [2.75, 3.05) is 20.2 Å². The first kappa shape index (κ1) is 16.2. The molecule has 24 heavy (non-hydrogen) atoms. The molecule has 0 radical (unpaired) electrons. The van der Waals surface area contributed by atoms with Crippen LogP contribution in [0.3, 0.4) is 0 Å². The molecule has 1 amide bonds. The number of carbonyl (C=O) groups is 1. The molecule has 7 heteroatoms. The van der Waals surface area contributed by atoms with Crippen LogP contribution in [0.5, 0.6) is 11.9 Å². The minimum Gasteiger partial charge on any atom is -0.474 e. The predicted octanol–water partition coefficient (Wildman–Crippen LogP) is 2.31. The maximum atomic E-state index is 13.2. The Morgan fingerprint density at radius 1 is 1.29 bits per heavy atom. The van der Waals surface area contributed by atoms with Crippen LogP contribution in [0.4, 0.5) is 4.39 Å². The third kappa shape index (κ3) is 3.79. The van der Waals surface area contributed by atoms with Gasteiger partial charge < -0.3 is 14.4 Å². The lowest BCUT2D eigenvalue weighted by atomic mass is 10.1. The standard InChI is InChI=1S/C17H18FN3O3/c1-23-17-19-8-5-15(20-17)24-14-6-9-21(10-7-14)16(22)12-3-2-4-13(18)11-12/h2-5,8,11,14H,6-7,9-10H2,1H3. The lowest BCUT2D eigenvalue weighted by molar-refractivity contribution is 0.0586. The second-order valence-electron chi connectivity index (χ2n) is 5.50. The molecule has 0 saturated carbocycles. The first-order valence-electron chi connectivity index (χ1n) is 7.74. The van der Waals surface area contributed by atoms with Gasteiger partial charge in [0, 0.05) is 43.8 Å². The molecule has 1 aromatic heterocycles. The third-order valence-corrected chi connectivity index (χ3v) is 3.88. The van der Waals surface area contributed by atoms with Crippen LogP contribution in [0.1, 0.15) is 23.2 Å². The minimum absolute atomic E-state index is 0.0267. The summed E-state index contributed by atoms with van der Waals surface area (Å²) < 4.78 is 24.0. The Morgan fingerprint density at radius 3 is 2.79 bits per heavy atom. The van der Waals surface area contributed by atoms with E-state index in [4.69, 9.17) is 9.47 Å². The molecular weight excluding hydrogens is 313 g/mol. The molecule has 126 valence electrons. The highest BCUT2D eigenvalue weighted by Gasteiger charge is 2.25. The number of likely N-dealkylation sites (tertiary alicyclic amines) is 1. The van der Waals surface area contributed by atoms with Crippen molar-refractivity contribution in [3.63, 3.8) is 0 Å². The summed E-state index contributed by atoms with van der Waals surface area (Å²) in [6.07, 6.45) is 2.92.